The van der Waals surface area contributed by atoms with E-state index >= 15 is 0 Å². The highest BCUT2D eigenvalue weighted by Gasteiger charge is 2.47. The molecule has 0 aliphatic carbocycles. The van der Waals surface area contributed by atoms with Gasteiger partial charge in [0.1, 0.15) is 5.58 Å². The fourth-order valence-corrected chi connectivity index (χ4v) is 10.6. The Labute approximate surface area is 358 Å². The lowest BCUT2D eigenvalue weighted by Gasteiger charge is -2.39. The number of hydrogen-bond acceptors (Lipinski definition) is 2. The molecule has 0 amide bonds. The minimum absolute atomic E-state index is 0.0358. The van der Waals surface area contributed by atoms with Crippen LogP contribution < -0.4 is 15.8 Å². The van der Waals surface area contributed by atoms with Crippen molar-refractivity contribution in [1.29, 1.82) is 0 Å². The Balaban J connectivity index is 1.26. The SMILES string of the molecule is CC(C)(C)c1ccc(N2c3cc(C(C)(C)C)cc4c3B(c3c2oc2ccc(C(C)(C)C)cc32)n2c3ccc5c(c6ccccc6n5-c5ccccc5)c3c3cccc-4c32)cc1. The fourth-order valence-electron chi connectivity index (χ4n) is 10.6. The zero-order valence-electron chi connectivity index (χ0n) is 36.6. The summed E-state index contributed by atoms with van der Waals surface area (Å²) < 4.78 is 12.4. The molecule has 5 heteroatoms. The van der Waals surface area contributed by atoms with E-state index in [1.54, 1.807) is 0 Å². The molecule has 2 aliphatic heterocycles. The third-order valence-electron chi connectivity index (χ3n) is 13.8. The van der Waals surface area contributed by atoms with Crippen molar-refractivity contribution >= 4 is 89.6 Å². The largest absolute Gasteiger partial charge is 0.440 e. The molecule has 7 aromatic carbocycles. The van der Waals surface area contributed by atoms with E-state index in [1.165, 1.54) is 99.1 Å². The molecule has 0 N–H and O–H groups in total. The van der Waals surface area contributed by atoms with E-state index in [0.29, 0.717) is 0 Å². The van der Waals surface area contributed by atoms with Gasteiger partial charge in [0, 0.05) is 66.1 Å². The summed E-state index contributed by atoms with van der Waals surface area (Å²) >= 11 is 0. The van der Waals surface area contributed by atoms with Crippen molar-refractivity contribution in [2.45, 2.75) is 78.6 Å². The van der Waals surface area contributed by atoms with Crippen LogP contribution in [0.2, 0.25) is 0 Å². The summed E-state index contributed by atoms with van der Waals surface area (Å²) in [5, 5.41) is 6.32. The van der Waals surface area contributed by atoms with Gasteiger partial charge in [-0.3, -0.25) is 4.90 Å². The van der Waals surface area contributed by atoms with Crippen molar-refractivity contribution in [3.63, 3.8) is 0 Å². The van der Waals surface area contributed by atoms with Crippen LogP contribution >= 0.6 is 0 Å². The third-order valence-corrected chi connectivity index (χ3v) is 13.8. The van der Waals surface area contributed by atoms with E-state index < -0.39 is 0 Å². The van der Waals surface area contributed by atoms with Crippen LogP contribution in [0.3, 0.4) is 0 Å². The number of fused-ring (bicyclic) bond motifs is 13. The van der Waals surface area contributed by atoms with Gasteiger partial charge < -0.3 is 13.5 Å². The van der Waals surface area contributed by atoms with Crippen LogP contribution in [0.4, 0.5) is 17.3 Å². The summed E-state index contributed by atoms with van der Waals surface area (Å²) in [4.78, 5) is 2.44. The predicted molar refractivity (Wildman–Crippen MR) is 260 cm³/mol. The first-order chi connectivity index (χ1) is 29.2. The summed E-state index contributed by atoms with van der Waals surface area (Å²) in [6.45, 7) is 20.7. The Bertz CT molecular complexity index is 3470. The third kappa shape index (κ3) is 5.01. The van der Waals surface area contributed by atoms with Crippen molar-refractivity contribution in [2.75, 3.05) is 4.90 Å². The first kappa shape index (κ1) is 36.4. The van der Waals surface area contributed by atoms with E-state index in [9.17, 15) is 0 Å². The number of benzene rings is 7. The molecule has 10 aromatic rings. The highest BCUT2D eigenvalue weighted by Crippen LogP contribution is 2.50. The molecular formula is C56H50BN3O. The average molecular weight is 792 g/mol. The molecular weight excluding hydrogens is 741 g/mol. The van der Waals surface area contributed by atoms with Gasteiger partial charge in [0.05, 0.1) is 11.0 Å². The van der Waals surface area contributed by atoms with Gasteiger partial charge in [0.15, 0.2) is 0 Å². The van der Waals surface area contributed by atoms with Crippen molar-refractivity contribution in [3.05, 3.63) is 156 Å². The Hall–Kier alpha value is -6.46. The zero-order chi connectivity index (χ0) is 41.9. The predicted octanol–water partition coefficient (Wildman–Crippen LogP) is 13.9. The molecule has 0 atom stereocenters. The molecule has 5 heterocycles. The topological polar surface area (TPSA) is 26.2 Å². The standard InChI is InChI=1S/C56H50BN3O/c1-54(2,3)33-22-25-37(26-23-33)59-46-32-35(56(7,8)9)31-41-38-19-15-20-40-49-45(28-27-44-48(49)39-18-13-14-21-43(39)58(44)36-16-11-10-12-17-36)60(52(38)40)57(50(41)46)51-42-30-34(55(4,5)6)24-29-47(42)61-53(51)59/h10-32H,1-9H3. The van der Waals surface area contributed by atoms with E-state index in [2.05, 4.69) is 216 Å². The number of rotatable bonds is 2. The first-order valence-corrected chi connectivity index (χ1v) is 21.9. The molecule has 0 radical (unpaired) electrons. The molecule has 0 fully saturated rings. The van der Waals surface area contributed by atoms with Crippen LogP contribution in [0.15, 0.2) is 144 Å². The average Bonchev–Trinajstić information content (AvgIpc) is 3.89. The second-order valence-corrected chi connectivity index (χ2v) is 20.6. The summed E-state index contributed by atoms with van der Waals surface area (Å²) in [6.07, 6.45) is 0. The van der Waals surface area contributed by atoms with Crippen molar-refractivity contribution in [3.8, 4) is 16.8 Å². The maximum Gasteiger partial charge on any atom is 0.337 e. The Kier molecular flexibility index (Phi) is 7.22. The van der Waals surface area contributed by atoms with E-state index in [-0.39, 0.29) is 23.1 Å². The molecule has 12 rings (SSSR count). The van der Waals surface area contributed by atoms with Crippen LogP contribution in [-0.4, -0.2) is 15.9 Å². The Morgan fingerprint density at radius 2 is 1.11 bits per heavy atom. The van der Waals surface area contributed by atoms with E-state index in [1.807, 2.05) is 0 Å². The zero-order valence-corrected chi connectivity index (χ0v) is 36.6. The van der Waals surface area contributed by atoms with Gasteiger partial charge in [-0.05, 0) is 105 Å². The van der Waals surface area contributed by atoms with Gasteiger partial charge in [-0.25, -0.2) is 0 Å². The molecule has 298 valence electrons. The second kappa shape index (κ2) is 12.1. The normalized spacial score (nSPS) is 13.9. The monoisotopic (exact) mass is 791 g/mol. The van der Waals surface area contributed by atoms with Crippen LogP contribution in [0.1, 0.15) is 79.0 Å². The molecule has 61 heavy (non-hydrogen) atoms. The molecule has 3 aromatic heterocycles. The van der Waals surface area contributed by atoms with Gasteiger partial charge in [0.25, 0.3) is 0 Å². The number of hydrogen-bond donors (Lipinski definition) is 0. The molecule has 4 nitrogen and oxygen atoms in total. The second-order valence-electron chi connectivity index (χ2n) is 20.6. The van der Waals surface area contributed by atoms with Gasteiger partial charge in [0.2, 0.25) is 5.88 Å². The lowest BCUT2D eigenvalue weighted by atomic mass is 9.45. The molecule has 0 saturated carbocycles. The van der Waals surface area contributed by atoms with Crippen LogP contribution in [0.5, 0.6) is 0 Å². The number of anilines is 3. The number of nitrogens with zero attached hydrogens (tertiary/aromatic N) is 3. The van der Waals surface area contributed by atoms with Crippen molar-refractivity contribution in [1.82, 2.24) is 9.05 Å². The quantitative estimate of drug-likeness (QED) is 0.163. The molecule has 2 aliphatic rings. The number of aromatic nitrogens is 2. The van der Waals surface area contributed by atoms with Gasteiger partial charge in [-0.2, -0.15) is 0 Å². The van der Waals surface area contributed by atoms with Crippen LogP contribution in [0.25, 0.3) is 71.4 Å². The van der Waals surface area contributed by atoms with Gasteiger partial charge in [-0.15, -0.1) is 0 Å². The first-order valence-electron chi connectivity index (χ1n) is 21.9. The van der Waals surface area contributed by atoms with E-state index in [0.717, 1.165) is 17.2 Å². The Morgan fingerprint density at radius 1 is 0.459 bits per heavy atom. The number of para-hydroxylation sites is 3. The lowest BCUT2D eigenvalue weighted by molar-refractivity contribution is 0.588. The maximum absolute atomic E-state index is 7.26. The smallest absolute Gasteiger partial charge is 0.337 e. The maximum atomic E-state index is 7.26. The Morgan fingerprint density at radius 3 is 1.85 bits per heavy atom. The molecule has 0 saturated heterocycles. The van der Waals surface area contributed by atoms with Gasteiger partial charge >= 0.3 is 6.85 Å². The van der Waals surface area contributed by atoms with E-state index in [4.69, 9.17) is 4.42 Å². The highest BCUT2D eigenvalue weighted by molar-refractivity contribution is 6.91. The van der Waals surface area contributed by atoms with Crippen LogP contribution in [0, 0.1) is 0 Å². The summed E-state index contributed by atoms with van der Waals surface area (Å²) in [5.41, 5.74) is 18.3. The van der Waals surface area contributed by atoms with Crippen LogP contribution in [-0.2, 0) is 16.2 Å². The van der Waals surface area contributed by atoms with Gasteiger partial charge in [-0.1, -0.05) is 141 Å². The summed E-state index contributed by atoms with van der Waals surface area (Å²) in [7, 11) is 0. The minimum Gasteiger partial charge on any atom is -0.440 e. The fraction of sp³-hybridized carbons (Fsp3) is 0.214. The highest BCUT2D eigenvalue weighted by atomic mass is 16.4. The minimum atomic E-state index is -0.134. The lowest BCUT2D eigenvalue weighted by Crippen LogP contribution is -2.56. The molecule has 0 spiro atoms. The molecule has 0 unspecified atom stereocenters. The molecule has 0 bridgehead atoms. The number of furan rings is 1. The summed E-state index contributed by atoms with van der Waals surface area (Å²) in [6, 6.07) is 52.6. The van der Waals surface area contributed by atoms with Crippen molar-refractivity contribution in [2.24, 2.45) is 0 Å². The summed E-state index contributed by atoms with van der Waals surface area (Å²) in [5.74, 6) is 0.898. The van der Waals surface area contributed by atoms with Crippen molar-refractivity contribution < 1.29 is 4.42 Å².